The number of nitrogens with two attached hydrogens (primary N) is 1. The first-order chi connectivity index (χ1) is 9.17. The Hall–Kier alpha value is -1.62. The maximum atomic E-state index is 8.69. The van der Waals surface area contributed by atoms with Gasteiger partial charge in [0.2, 0.25) is 0 Å². The van der Waals surface area contributed by atoms with Gasteiger partial charge in [-0.1, -0.05) is 18.1 Å². The summed E-state index contributed by atoms with van der Waals surface area (Å²) in [5, 5.41) is 11.8. The fourth-order valence-corrected chi connectivity index (χ4v) is 2.46. The van der Waals surface area contributed by atoms with Crippen LogP contribution in [0.2, 0.25) is 0 Å². The Bertz CT molecular complexity index is 428. The number of hydrogen-bond donors (Lipinski definition) is 2. The highest BCUT2D eigenvalue weighted by atomic mass is 16.4. The summed E-state index contributed by atoms with van der Waals surface area (Å²) in [6, 6.07) is 5.99. The van der Waals surface area contributed by atoms with E-state index in [1.54, 1.807) is 0 Å². The molecule has 104 valence electrons. The van der Waals surface area contributed by atoms with Crippen molar-refractivity contribution in [1.29, 1.82) is 0 Å². The Labute approximate surface area is 114 Å². The van der Waals surface area contributed by atoms with E-state index in [4.69, 9.17) is 10.9 Å². The molecule has 0 amide bonds. The minimum atomic E-state index is 0.209. The predicted octanol–water partition coefficient (Wildman–Crippen LogP) is 1.82. The molecule has 1 heterocycles. The molecule has 0 aromatic carbocycles. The van der Waals surface area contributed by atoms with Crippen LogP contribution in [0, 0.1) is 5.41 Å². The second-order valence-electron chi connectivity index (χ2n) is 5.39. The lowest BCUT2D eigenvalue weighted by Crippen LogP contribution is -2.32. The van der Waals surface area contributed by atoms with Gasteiger partial charge >= 0.3 is 0 Å². The molecule has 0 radical (unpaired) electrons. The summed E-state index contributed by atoms with van der Waals surface area (Å²) in [6.45, 7) is 4.97. The molecule has 5 heteroatoms. The van der Waals surface area contributed by atoms with Crippen LogP contribution >= 0.6 is 0 Å². The summed E-state index contributed by atoms with van der Waals surface area (Å²) >= 11 is 0. The monoisotopic (exact) mass is 262 g/mol. The van der Waals surface area contributed by atoms with Gasteiger partial charge in [0, 0.05) is 25.7 Å². The summed E-state index contributed by atoms with van der Waals surface area (Å²) in [4.78, 5) is 6.74. The molecule has 0 bridgehead atoms. The Morgan fingerprint density at radius 3 is 2.84 bits per heavy atom. The standard InChI is InChI=1S/C14H22N4O/c1-2-18(10-12-5-3-4-8-16-12)11-14(6-7-14)9-13(15)17-19/h3-5,8,19H,2,6-7,9-11H2,1H3,(H2,15,17). The van der Waals surface area contributed by atoms with E-state index in [2.05, 4.69) is 22.0 Å². The first-order valence-corrected chi connectivity index (χ1v) is 6.76. The molecule has 0 aliphatic heterocycles. The fraction of sp³-hybridized carbons (Fsp3) is 0.571. The highest BCUT2D eigenvalue weighted by Crippen LogP contribution is 2.49. The summed E-state index contributed by atoms with van der Waals surface area (Å²) < 4.78 is 0. The smallest absolute Gasteiger partial charge is 0.139 e. The topological polar surface area (TPSA) is 74.7 Å². The van der Waals surface area contributed by atoms with Crippen LogP contribution in [0.3, 0.4) is 0 Å². The van der Waals surface area contributed by atoms with Gasteiger partial charge in [0.15, 0.2) is 0 Å². The van der Waals surface area contributed by atoms with Crippen LogP contribution in [-0.2, 0) is 6.54 Å². The van der Waals surface area contributed by atoms with Gasteiger partial charge in [-0.2, -0.15) is 0 Å². The molecule has 1 fully saturated rings. The SMILES string of the molecule is CCN(Cc1ccccn1)CC1(CC(N)=NO)CC1. The number of oxime groups is 1. The van der Waals surface area contributed by atoms with Gasteiger partial charge in [-0.05, 0) is 36.9 Å². The van der Waals surface area contributed by atoms with E-state index in [-0.39, 0.29) is 5.41 Å². The van der Waals surface area contributed by atoms with E-state index >= 15 is 0 Å². The number of rotatable bonds is 7. The molecule has 0 saturated heterocycles. The van der Waals surface area contributed by atoms with Crippen LogP contribution in [0.1, 0.15) is 31.9 Å². The van der Waals surface area contributed by atoms with Crippen molar-refractivity contribution in [3.8, 4) is 0 Å². The second kappa shape index (κ2) is 6.02. The summed E-state index contributed by atoms with van der Waals surface area (Å²) in [7, 11) is 0. The van der Waals surface area contributed by atoms with Crippen molar-refractivity contribution < 1.29 is 5.21 Å². The largest absolute Gasteiger partial charge is 0.409 e. The Morgan fingerprint density at radius 2 is 2.32 bits per heavy atom. The zero-order valence-electron chi connectivity index (χ0n) is 11.4. The van der Waals surface area contributed by atoms with Crippen molar-refractivity contribution >= 4 is 5.84 Å². The molecule has 1 aliphatic carbocycles. The van der Waals surface area contributed by atoms with Crippen LogP contribution in [0.15, 0.2) is 29.6 Å². The number of hydrogen-bond acceptors (Lipinski definition) is 4. The van der Waals surface area contributed by atoms with Crippen molar-refractivity contribution in [1.82, 2.24) is 9.88 Å². The average Bonchev–Trinajstić information content (AvgIpc) is 3.18. The zero-order valence-corrected chi connectivity index (χ0v) is 11.4. The van der Waals surface area contributed by atoms with E-state index in [0.717, 1.165) is 38.2 Å². The van der Waals surface area contributed by atoms with E-state index in [0.29, 0.717) is 12.3 Å². The molecular weight excluding hydrogens is 240 g/mol. The number of pyridine rings is 1. The van der Waals surface area contributed by atoms with Gasteiger partial charge in [-0.25, -0.2) is 0 Å². The average molecular weight is 262 g/mol. The van der Waals surface area contributed by atoms with Gasteiger partial charge < -0.3 is 10.9 Å². The molecular formula is C14H22N4O. The highest BCUT2D eigenvalue weighted by molar-refractivity contribution is 5.80. The number of nitrogens with zero attached hydrogens (tertiary/aromatic N) is 3. The molecule has 1 aromatic heterocycles. The van der Waals surface area contributed by atoms with Gasteiger partial charge in [-0.15, -0.1) is 0 Å². The summed E-state index contributed by atoms with van der Waals surface area (Å²) in [5.74, 6) is 0.339. The van der Waals surface area contributed by atoms with Crippen LogP contribution in [0.25, 0.3) is 0 Å². The van der Waals surface area contributed by atoms with E-state index in [9.17, 15) is 0 Å². The third kappa shape index (κ3) is 3.92. The molecule has 5 nitrogen and oxygen atoms in total. The van der Waals surface area contributed by atoms with E-state index in [1.807, 2.05) is 24.4 Å². The normalized spacial score (nSPS) is 17.7. The molecule has 0 atom stereocenters. The van der Waals surface area contributed by atoms with Crippen molar-refractivity contribution in [2.45, 2.75) is 32.7 Å². The molecule has 1 aliphatic rings. The van der Waals surface area contributed by atoms with Crippen LogP contribution < -0.4 is 5.73 Å². The van der Waals surface area contributed by atoms with Crippen LogP contribution in [0.4, 0.5) is 0 Å². The molecule has 19 heavy (non-hydrogen) atoms. The Balaban J connectivity index is 1.92. The lowest BCUT2D eigenvalue weighted by atomic mass is 10.0. The Kier molecular flexibility index (Phi) is 4.37. The Morgan fingerprint density at radius 1 is 1.53 bits per heavy atom. The molecule has 3 N–H and O–H groups in total. The van der Waals surface area contributed by atoms with E-state index in [1.165, 1.54) is 0 Å². The zero-order chi connectivity index (χ0) is 13.7. The lowest BCUT2D eigenvalue weighted by molar-refractivity contribution is 0.220. The maximum Gasteiger partial charge on any atom is 0.139 e. The van der Waals surface area contributed by atoms with Gasteiger partial charge in [0.05, 0.1) is 5.69 Å². The second-order valence-corrected chi connectivity index (χ2v) is 5.39. The molecule has 1 aromatic rings. The molecule has 1 saturated carbocycles. The first kappa shape index (κ1) is 13.8. The third-order valence-electron chi connectivity index (χ3n) is 3.76. The van der Waals surface area contributed by atoms with Crippen molar-refractivity contribution in [2.24, 2.45) is 16.3 Å². The number of amidine groups is 1. The van der Waals surface area contributed by atoms with Gasteiger partial charge in [0.1, 0.15) is 5.84 Å². The quantitative estimate of drug-likeness (QED) is 0.340. The van der Waals surface area contributed by atoms with Crippen molar-refractivity contribution in [2.75, 3.05) is 13.1 Å². The third-order valence-corrected chi connectivity index (χ3v) is 3.76. The lowest BCUT2D eigenvalue weighted by Gasteiger charge is -2.25. The molecule has 0 spiro atoms. The summed E-state index contributed by atoms with van der Waals surface area (Å²) in [5.41, 5.74) is 6.93. The highest BCUT2D eigenvalue weighted by Gasteiger charge is 2.44. The van der Waals surface area contributed by atoms with Crippen molar-refractivity contribution in [3.63, 3.8) is 0 Å². The fourth-order valence-electron chi connectivity index (χ4n) is 2.46. The van der Waals surface area contributed by atoms with Crippen molar-refractivity contribution in [3.05, 3.63) is 30.1 Å². The van der Waals surface area contributed by atoms with Gasteiger partial charge in [-0.3, -0.25) is 9.88 Å². The maximum absolute atomic E-state index is 8.69. The van der Waals surface area contributed by atoms with Gasteiger partial charge in [0.25, 0.3) is 0 Å². The van der Waals surface area contributed by atoms with Crippen LogP contribution in [0.5, 0.6) is 0 Å². The minimum Gasteiger partial charge on any atom is -0.409 e. The molecule has 2 rings (SSSR count). The predicted molar refractivity (Wildman–Crippen MR) is 74.9 cm³/mol. The minimum absolute atomic E-state index is 0.209. The number of aromatic nitrogens is 1. The molecule has 0 unspecified atom stereocenters. The summed E-state index contributed by atoms with van der Waals surface area (Å²) in [6.07, 6.45) is 4.82. The first-order valence-electron chi connectivity index (χ1n) is 6.76. The van der Waals surface area contributed by atoms with Crippen LogP contribution in [-0.4, -0.2) is 34.0 Å². The van der Waals surface area contributed by atoms with E-state index < -0.39 is 0 Å².